The van der Waals surface area contributed by atoms with E-state index in [0.29, 0.717) is 23.4 Å². The zero-order valence-corrected chi connectivity index (χ0v) is 28.7. The number of nitrogens with zero attached hydrogens (tertiary/aromatic N) is 3. The smallest absolute Gasteiger partial charge is 0.246 e. The Bertz CT molecular complexity index is 1580. The molecule has 0 radical (unpaired) electrons. The molecule has 0 aliphatic carbocycles. The van der Waals surface area contributed by atoms with Crippen molar-refractivity contribution < 1.29 is 24.0 Å². The summed E-state index contributed by atoms with van der Waals surface area (Å²) in [5.41, 5.74) is 29.9. The fraction of sp³-hybridized carbons (Fsp3) is 0.424. The number of carbonyl (C=O) groups is 5. The molecule has 17 heteroatoms. The third-order valence-electron chi connectivity index (χ3n) is 8.05. The summed E-state index contributed by atoms with van der Waals surface area (Å²) >= 11 is 6.07. The number of carbonyl (C=O) groups excluding carboxylic acids is 5. The summed E-state index contributed by atoms with van der Waals surface area (Å²) in [6, 6.07) is 9.82. The Kier molecular flexibility index (Phi) is 14.8. The Balaban J connectivity index is 1.91. The molecular weight excluding hydrogens is 666 g/mol. The molecule has 0 fully saturated rings. The van der Waals surface area contributed by atoms with Gasteiger partial charge in [0.1, 0.15) is 24.2 Å². The molecule has 1 aliphatic heterocycles. The maximum Gasteiger partial charge on any atom is 0.246 e. The molecule has 0 saturated heterocycles. The molecule has 13 N–H and O–H groups in total. The van der Waals surface area contributed by atoms with Gasteiger partial charge in [0, 0.05) is 44.4 Å². The van der Waals surface area contributed by atoms with E-state index in [1.807, 2.05) is 24.3 Å². The predicted octanol–water partition coefficient (Wildman–Crippen LogP) is -1.10. The topological polar surface area (TPSA) is 280 Å². The molecule has 1 unspecified atom stereocenters. The summed E-state index contributed by atoms with van der Waals surface area (Å²) in [6.45, 7) is 1.77. The quantitative estimate of drug-likeness (QED) is 0.0561. The van der Waals surface area contributed by atoms with Crippen LogP contribution >= 0.6 is 11.6 Å². The van der Waals surface area contributed by atoms with Crippen LogP contribution in [-0.4, -0.2) is 83.6 Å². The van der Waals surface area contributed by atoms with Gasteiger partial charge >= 0.3 is 0 Å². The average molecular weight is 712 g/mol. The lowest BCUT2D eigenvalue weighted by Crippen LogP contribution is -2.60. The highest BCUT2D eigenvalue weighted by molar-refractivity contribution is 6.30. The van der Waals surface area contributed by atoms with Gasteiger partial charge in [-0.25, -0.2) is 0 Å². The molecule has 4 atom stereocenters. The maximum absolute atomic E-state index is 14.2. The van der Waals surface area contributed by atoms with Gasteiger partial charge in [0.2, 0.25) is 29.5 Å². The predicted molar refractivity (Wildman–Crippen MR) is 190 cm³/mol. The van der Waals surface area contributed by atoms with Crippen LogP contribution < -0.4 is 44.6 Å². The van der Waals surface area contributed by atoms with Crippen LogP contribution in [-0.2, 0) is 43.4 Å². The first kappa shape index (κ1) is 39.1. The molecule has 1 aliphatic rings. The molecule has 0 aromatic heterocycles. The first-order chi connectivity index (χ1) is 23.7. The lowest BCUT2D eigenvalue weighted by atomic mass is 9.92. The summed E-state index contributed by atoms with van der Waals surface area (Å²) < 4.78 is 0. The second-order valence-electron chi connectivity index (χ2n) is 12.0. The van der Waals surface area contributed by atoms with Crippen LogP contribution in [0.1, 0.15) is 49.3 Å². The number of hydrogen-bond donors (Lipinski definition) is 8. The van der Waals surface area contributed by atoms with E-state index in [1.165, 1.54) is 11.8 Å². The maximum atomic E-state index is 14.2. The minimum atomic E-state index is -1.19. The fourth-order valence-corrected chi connectivity index (χ4v) is 5.72. The highest BCUT2D eigenvalue weighted by Gasteiger charge is 2.38. The average Bonchev–Trinajstić information content (AvgIpc) is 3.06. The lowest BCUT2D eigenvalue weighted by Gasteiger charge is -2.37. The Morgan fingerprint density at radius 3 is 1.88 bits per heavy atom. The van der Waals surface area contributed by atoms with Crippen LogP contribution in [0.15, 0.2) is 58.5 Å². The van der Waals surface area contributed by atoms with Gasteiger partial charge in [-0.2, -0.15) is 0 Å². The number of guanidine groups is 2. The molecule has 1 heterocycles. The molecule has 0 bridgehead atoms. The van der Waals surface area contributed by atoms with E-state index in [9.17, 15) is 24.0 Å². The van der Waals surface area contributed by atoms with E-state index in [2.05, 4.69) is 25.9 Å². The molecule has 3 rings (SSSR count). The monoisotopic (exact) mass is 711 g/mol. The van der Waals surface area contributed by atoms with Crippen LogP contribution in [0.5, 0.6) is 0 Å². The SMILES string of the molecule is CC(=O)N[C@@H](CCCN=C(N)N)C(=O)N[C@H](Cc1ccc(Cl)cc1)C(=O)N[C@@H](CCCN=C(N)N)C(=O)N1Cc2ccccc2CC1C(N)=O. The summed E-state index contributed by atoms with van der Waals surface area (Å²) in [5.74, 6) is -3.22. The van der Waals surface area contributed by atoms with E-state index >= 15 is 0 Å². The van der Waals surface area contributed by atoms with Gasteiger partial charge in [0.15, 0.2) is 11.9 Å². The van der Waals surface area contributed by atoms with Gasteiger partial charge in [-0.15, -0.1) is 0 Å². The standard InChI is InChI=1S/C33H46ClN11O5/c1-19(46)42-24(8-4-14-40-32(36)37)29(48)44-26(16-20-10-12-23(34)13-11-20)30(49)43-25(9-5-15-41-33(38)39)31(50)45-18-22-7-3-2-6-21(22)17-27(45)28(35)47/h2-3,6-7,10-13,24-27H,4-5,8-9,14-18H2,1H3,(H2,35,47)(H,42,46)(H,43,49)(H,44,48)(H4,36,37,40)(H4,38,39,41)/t24-,25-,26+,27?/m0/s1. The van der Waals surface area contributed by atoms with Crippen LogP contribution in [0.2, 0.25) is 5.02 Å². The van der Waals surface area contributed by atoms with Crippen molar-refractivity contribution in [3.8, 4) is 0 Å². The molecule has 5 amide bonds. The number of halogens is 1. The normalized spacial score (nSPS) is 15.3. The summed E-state index contributed by atoms with van der Waals surface area (Å²) in [7, 11) is 0. The number of rotatable bonds is 17. The molecular formula is C33H46ClN11O5. The van der Waals surface area contributed by atoms with Crippen LogP contribution in [0.4, 0.5) is 0 Å². The molecule has 16 nitrogen and oxygen atoms in total. The third-order valence-corrected chi connectivity index (χ3v) is 8.30. The van der Waals surface area contributed by atoms with Crippen LogP contribution in [0.3, 0.4) is 0 Å². The van der Waals surface area contributed by atoms with Gasteiger partial charge in [-0.05, 0) is 54.5 Å². The molecule has 0 saturated carbocycles. The second kappa shape index (κ2) is 19.0. The number of nitrogens with two attached hydrogens (primary N) is 5. The van der Waals surface area contributed by atoms with Gasteiger partial charge in [0.25, 0.3) is 0 Å². The number of fused-ring (bicyclic) bond motifs is 1. The van der Waals surface area contributed by atoms with Crippen molar-refractivity contribution in [1.82, 2.24) is 20.9 Å². The van der Waals surface area contributed by atoms with Crippen molar-refractivity contribution in [3.63, 3.8) is 0 Å². The molecule has 2 aromatic carbocycles. The molecule has 2 aromatic rings. The van der Waals surface area contributed by atoms with E-state index in [0.717, 1.165) is 11.1 Å². The van der Waals surface area contributed by atoms with Crippen molar-refractivity contribution in [2.75, 3.05) is 13.1 Å². The number of nitrogens with one attached hydrogen (secondary N) is 3. The summed E-state index contributed by atoms with van der Waals surface area (Å²) in [5, 5.41) is 8.62. The second-order valence-corrected chi connectivity index (χ2v) is 12.4. The van der Waals surface area contributed by atoms with Crippen molar-refractivity contribution in [1.29, 1.82) is 0 Å². The Morgan fingerprint density at radius 2 is 1.32 bits per heavy atom. The minimum absolute atomic E-state index is 0.0193. The van der Waals surface area contributed by atoms with Crippen molar-refractivity contribution in [3.05, 3.63) is 70.2 Å². The van der Waals surface area contributed by atoms with Gasteiger partial charge in [0.05, 0.1) is 0 Å². The van der Waals surface area contributed by atoms with E-state index in [4.69, 9.17) is 40.3 Å². The number of aliphatic imine (C=N–C) groups is 2. The van der Waals surface area contributed by atoms with E-state index in [-0.39, 0.29) is 57.2 Å². The zero-order chi connectivity index (χ0) is 36.8. The van der Waals surface area contributed by atoms with Crippen molar-refractivity contribution in [2.45, 2.75) is 76.2 Å². The van der Waals surface area contributed by atoms with Gasteiger partial charge in [-0.3, -0.25) is 34.0 Å². The van der Waals surface area contributed by atoms with Gasteiger partial charge in [-0.1, -0.05) is 48.0 Å². The Morgan fingerprint density at radius 1 is 0.780 bits per heavy atom. The van der Waals surface area contributed by atoms with Crippen LogP contribution in [0, 0.1) is 0 Å². The highest BCUT2D eigenvalue weighted by atomic mass is 35.5. The largest absolute Gasteiger partial charge is 0.370 e. The fourth-order valence-electron chi connectivity index (χ4n) is 5.60. The Labute approximate surface area is 295 Å². The zero-order valence-electron chi connectivity index (χ0n) is 27.9. The molecule has 50 heavy (non-hydrogen) atoms. The van der Waals surface area contributed by atoms with E-state index in [1.54, 1.807) is 24.3 Å². The van der Waals surface area contributed by atoms with Gasteiger partial charge < -0.3 is 49.5 Å². The van der Waals surface area contributed by atoms with Crippen LogP contribution in [0.25, 0.3) is 0 Å². The van der Waals surface area contributed by atoms with Crippen molar-refractivity contribution >= 4 is 53.1 Å². The van der Waals surface area contributed by atoms with Crippen molar-refractivity contribution in [2.24, 2.45) is 38.7 Å². The Hall–Kier alpha value is -5.38. The summed E-state index contributed by atoms with van der Waals surface area (Å²) in [6.07, 6.45) is 1.17. The number of amides is 5. The number of primary amides is 1. The minimum Gasteiger partial charge on any atom is -0.370 e. The number of hydrogen-bond acceptors (Lipinski definition) is 7. The molecule has 0 spiro atoms. The first-order valence-electron chi connectivity index (χ1n) is 16.1. The highest BCUT2D eigenvalue weighted by Crippen LogP contribution is 2.25. The lowest BCUT2D eigenvalue weighted by molar-refractivity contribution is -0.144. The third kappa shape index (κ3) is 12.3. The first-order valence-corrected chi connectivity index (χ1v) is 16.5. The number of benzene rings is 2. The summed E-state index contributed by atoms with van der Waals surface area (Å²) in [4.78, 5) is 75.6. The molecule has 270 valence electrons. The van der Waals surface area contributed by atoms with E-state index < -0.39 is 53.7 Å².